The van der Waals surface area contributed by atoms with Crippen LogP contribution in [0.5, 0.6) is 0 Å². The second-order valence-electron chi connectivity index (χ2n) is 2.74. The highest BCUT2D eigenvalue weighted by atomic mass is 31.2. The molecule has 0 rings (SSSR count). The first kappa shape index (κ1) is 16.0. The molecule has 0 saturated carbocycles. The Morgan fingerprint density at radius 3 is 2.41 bits per heavy atom. The molecule has 0 saturated heterocycles. The Balaban J connectivity index is 4.04. The van der Waals surface area contributed by atoms with Crippen molar-refractivity contribution in [2.45, 2.75) is 6.10 Å². The summed E-state index contributed by atoms with van der Waals surface area (Å²) in [6.45, 7) is -0.145. The molecule has 9 nitrogen and oxygen atoms in total. The molecule has 0 amide bonds. The van der Waals surface area contributed by atoms with E-state index in [1.165, 1.54) is 0 Å². The van der Waals surface area contributed by atoms with Crippen LogP contribution in [0.15, 0.2) is 0 Å². The zero-order valence-electron chi connectivity index (χ0n) is 9.02. The van der Waals surface area contributed by atoms with Gasteiger partial charge in [0.25, 0.3) is 12.9 Å². The van der Waals surface area contributed by atoms with Crippen LogP contribution in [0.25, 0.3) is 0 Å². The summed E-state index contributed by atoms with van der Waals surface area (Å²) in [5.74, 6) is 0. The number of hydrogen-bond donors (Lipinski definition) is 2. The van der Waals surface area contributed by atoms with Gasteiger partial charge in [0.15, 0.2) is 6.10 Å². The van der Waals surface area contributed by atoms with Gasteiger partial charge in [0.2, 0.25) is 0 Å². The molecule has 0 aromatic heterocycles. The van der Waals surface area contributed by atoms with Crippen molar-refractivity contribution in [1.82, 2.24) is 0 Å². The first-order valence-corrected chi connectivity index (χ1v) is 6.19. The van der Waals surface area contributed by atoms with Crippen molar-refractivity contribution >= 4 is 20.7 Å². The number of rotatable bonds is 11. The van der Waals surface area contributed by atoms with Crippen LogP contribution in [0.4, 0.5) is 0 Å². The van der Waals surface area contributed by atoms with Crippen molar-refractivity contribution in [3.8, 4) is 0 Å². The van der Waals surface area contributed by atoms with Crippen molar-refractivity contribution in [1.29, 1.82) is 0 Å². The zero-order valence-corrected chi connectivity index (χ0v) is 9.91. The van der Waals surface area contributed by atoms with E-state index < -0.39 is 13.9 Å². The minimum absolute atomic E-state index is 0.0299. The Morgan fingerprint density at radius 1 is 1.18 bits per heavy atom. The Hall–Kier alpha value is -0.990. The minimum atomic E-state index is -3.74. The lowest BCUT2D eigenvalue weighted by Gasteiger charge is -2.17. The van der Waals surface area contributed by atoms with E-state index in [4.69, 9.17) is 15.8 Å². The average molecular weight is 270 g/mol. The molecule has 0 aromatic carbocycles. The van der Waals surface area contributed by atoms with Crippen LogP contribution in [-0.4, -0.2) is 45.4 Å². The van der Waals surface area contributed by atoms with Gasteiger partial charge in [-0.15, -0.1) is 0 Å². The lowest BCUT2D eigenvalue weighted by atomic mass is 10.4. The molecule has 100 valence electrons. The van der Waals surface area contributed by atoms with Gasteiger partial charge in [0.05, 0.1) is 13.2 Å². The van der Waals surface area contributed by atoms with E-state index in [0.29, 0.717) is 0 Å². The Morgan fingerprint density at radius 2 is 1.88 bits per heavy atom. The van der Waals surface area contributed by atoms with Crippen LogP contribution in [0, 0.1) is 0 Å². The number of nitrogens with two attached hydrogens (primary N) is 2. The molecule has 1 unspecified atom stereocenters. The topological polar surface area (TPSA) is 140 Å². The first-order valence-electron chi connectivity index (χ1n) is 4.58. The molecule has 4 N–H and O–H groups in total. The fourth-order valence-electron chi connectivity index (χ4n) is 0.756. The van der Waals surface area contributed by atoms with E-state index in [1.54, 1.807) is 0 Å². The van der Waals surface area contributed by atoms with Crippen LogP contribution in [-0.2, 0) is 32.7 Å². The summed E-state index contributed by atoms with van der Waals surface area (Å²) in [6.07, 6.45) is -0.906. The fourth-order valence-corrected chi connectivity index (χ4v) is 1.56. The maximum atomic E-state index is 11.4. The van der Waals surface area contributed by atoms with Crippen LogP contribution < -0.4 is 11.2 Å². The summed E-state index contributed by atoms with van der Waals surface area (Å²) >= 11 is 0. The fraction of sp³-hybridized carbons (Fsp3) is 0.714. The van der Waals surface area contributed by atoms with Crippen LogP contribution >= 0.6 is 7.75 Å². The van der Waals surface area contributed by atoms with E-state index in [-0.39, 0.29) is 39.3 Å². The standard InChI is InChI=1S/C7H15N2O7P/c8-1-2-15-17(9,12)16-4-7(14-6-11)3-13-5-10/h5-7H,1-4,8H2,(H2,9,12)/t7-,17?/m1/s1. The quantitative estimate of drug-likeness (QED) is 0.348. The van der Waals surface area contributed by atoms with E-state index in [2.05, 4.69) is 14.0 Å². The molecule has 10 heteroatoms. The van der Waals surface area contributed by atoms with Gasteiger partial charge in [-0.1, -0.05) is 0 Å². The number of ether oxygens (including phenoxy) is 2. The molecular formula is C7H15N2O7P. The lowest BCUT2D eigenvalue weighted by molar-refractivity contribution is -0.144. The molecule has 0 radical (unpaired) electrons. The molecule has 0 spiro atoms. The van der Waals surface area contributed by atoms with Crippen molar-refractivity contribution in [2.75, 3.05) is 26.4 Å². The monoisotopic (exact) mass is 270 g/mol. The van der Waals surface area contributed by atoms with Gasteiger partial charge in [-0.2, -0.15) is 0 Å². The number of carbonyl (C=O) groups excluding carboxylic acids is 2. The molecule has 0 aliphatic heterocycles. The molecule has 17 heavy (non-hydrogen) atoms. The molecule has 0 aliphatic carbocycles. The maximum Gasteiger partial charge on any atom is 0.403 e. The predicted octanol–water partition coefficient (Wildman–Crippen LogP) is -1.24. The third-order valence-electron chi connectivity index (χ3n) is 1.43. The third kappa shape index (κ3) is 8.78. The van der Waals surface area contributed by atoms with Crippen molar-refractivity contribution in [3.63, 3.8) is 0 Å². The summed E-state index contributed by atoms with van der Waals surface area (Å²) in [7, 11) is -3.74. The molecule has 0 bridgehead atoms. The summed E-state index contributed by atoms with van der Waals surface area (Å²) in [4.78, 5) is 20.0. The van der Waals surface area contributed by atoms with Gasteiger partial charge in [0.1, 0.15) is 6.61 Å². The van der Waals surface area contributed by atoms with Gasteiger partial charge in [-0.05, 0) is 0 Å². The maximum absolute atomic E-state index is 11.4. The molecule has 2 atom stereocenters. The van der Waals surface area contributed by atoms with Crippen molar-refractivity contribution in [3.05, 3.63) is 0 Å². The highest BCUT2D eigenvalue weighted by Crippen LogP contribution is 2.38. The minimum Gasteiger partial charge on any atom is -0.464 e. The Labute approximate surface area is 97.9 Å². The van der Waals surface area contributed by atoms with E-state index in [1.807, 2.05) is 0 Å². The molecule has 0 heterocycles. The molecule has 0 aliphatic rings. The first-order chi connectivity index (χ1) is 8.05. The third-order valence-corrected chi connectivity index (χ3v) is 2.48. The van der Waals surface area contributed by atoms with Gasteiger partial charge in [-0.25, -0.2) is 10.1 Å². The summed E-state index contributed by atoms with van der Waals surface area (Å²) in [6, 6.07) is 0. The van der Waals surface area contributed by atoms with E-state index >= 15 is 0 Å². The Bertz CT molecular complexity index is 275. The zero-order chi connectivity index (χ0) is 13.1. The van der Waals surface area contributed by atoms with Gasteiger partial charge >= 0.3 is 7.75 Å². The normalized spacial score (nSPS) is 15.6. The van der Waals surface area contributed by atoms with E-state index in [0.717, 1.165) is 0 Å². The smallest absolute Gasteiger partial charge is 0.403 e. The molecule has 0 aromatic rings. The lowest BCUT2D eigenvalue weighted by Crippen LogP contribution is -2.26. The van der Waals surface area contributed by atoms with E-state index in [9.17, 15) is 14.2 Å². The van der Waals surface area contributed by atoms with Crippen molar-refractivity contribution < 1.29 is 32.7 Å². The molecule has 0 fully saturated rings. The summed E-state index contributed by atoms with van der Waals surface area (Å²) in [5.41, 5.74) is 10.3. The number of carbonyl (C=O) groups is 2. The van der Waals surface area contributed by atoms with Gasteiger partial charge in [-0.3, -0.25) is 18.6 Å². The number of hydrogen-bond acceptors (Lipinski definition) is 8. The largest absolute Gasteiger partial charge is 0.464 e. The summed E-state index contributed by atoms with van der Waals surface area (Å²) < 4.78 is 29.6. The summed E-state index contributed by atoms with van der Waals surface area (Å²) in [5, 5.41) is 0. The van der Waals surface area contributed by atoms with Crippen LogP contribution in [0.3, 0.4) is 0 Å². The van der Waals surface area contributed by atoms with Crippen LogP contribution in [0.2, 0.25) is 0 Å². The van der Waals surface area contributed by atoms with Gasteiger partial charge in [0, 0.05) is 6.54 Å². The predicted molar refractivity (Wildman–Crippen MR) is 55.7 cm³/mol. The second-order valence-corrected chi connectivity index (χ2v) is 4.34. The average Bonchev–Trinajstić information content (AvgIpc) is 2.30. The SMILES string of the molecule is NCCOP(N)(=O)OC[C@@H](COC=O)OC=O. The molecular weight excluding hydrogens is 255 g/mol. The van der Waals surface area contributed by atoms with Crippen molar-refractivity contribution in [2.24, 2.45) is 11.2 Å². The van der Waals surface area contributed by atoms with Crippen LogP contribution in [0.1, 0.15) is 0 Å². The Kier molecular flexibility index (Phi) is 8.55. The highest BCUT2D eigenvalue weighted by molar-refractivity contribution is 7.51. The second kappa shape index (κ2) is 9.08. The highest BCUT2D eigenvalue weighted by Gasteiger charge is 2.21. The van der Waals surface area contributed by atoms with Gasteiger partial charge < -0.3 is 15.2 Å².